The summed E-state index contributed by atoms with van der Waals surface area (Å²) >= 11 is 0. The Kier molecular flexibility index (Phi) is 7.16. The minimum absolute atomic E-state index is 0.646. The van der Waals surface area contributed by atoms with Crippen molar-refractivity contribution in [3.8, 4) is 45.5 Å². The molecule has 12 aromatic rings. The Balaban J connectivity index is 1.05. The summed E-state index contributed by atoms with van der Waals surface area (Å²) in [5, 5.41) is 9.70. The van der Waals surface area contributed by atoms with Crippen molar-refractivity contribution in [3.63, 3.8) is 0 Å². The maximum Gasteiger partial charge on any atom is 0.164 e. The summed E-state index contributed by atoms with van der Waals surface area (Å²) in [5.74, 6) is 1.95. The van der Waals surface area contributed by atoms with Crippen molar-refractivity contribution < 1.29 is 0 Å². The molecule has 0 fully saturated rings. The largest absolute Gasteiger partial charge is 0.309 e. The first-order chi connectivity index (χ1) is 28.7. The van der Waals surface area contributed by atoms with Crippen LogP contribution in [0.5, 0.6) is 0 Å². The molecule has 3 aromatic heterocycles. The second kappa shape index (κ2) is 12.8. The predicted molar refractivity (Wildman–Crippen MR) is 240 cm³/mol. The zero-order valence-corrected chi connectivity index (χ0v) is 31.3. The van der Waals surface area contributed by atoms with E-state index >= 15 is 0 Å². The van der Waals surface area contributed by atoms with E-state index in [1.807, 2.05) is 60.7 Å². The Morgan fingerprint density at radius 3 is 1.55 bits per heavy atom. The first-order valence-electron chi connectivity index (χ1n) is 19.6. The lowest BCUT2D eigenvalue weighted by Gasteiger charge is -2.11. The molecule has 0 spiro atoms. The predicted octanol–water partition coefficient (Wildman–Crippen LogP) is 13.4. The maximum absolute atomic E-state index is 4.99. The lowest BCUT2D eigenvalue weighted by atomic mass is 10.0. The van der Waals surface area contributed by atoms with Gasteiger partial charge >= 0.3 is 0 Å². The highest BCUT2D eigenvalue weighted by Gasteiger charge is 2.20. The highest BCUT2D eigenvalue weighted by atomic mass is 15.0. The summed E-state index contributed by atoms with van der Waals surface area (Å²) < 4.78 is 4.85. The maximum atomic E-state index is 4.99. The fourth-order valence-electron chi connectivity index (χ4n) is 8.83. The summed E-state index contributed by atoms with van der Waals surface area (Å²) in [6.45, 7) is 0. The summed E-state index contributed by atoms with van der Waals surface area (Å²) in [7, 11) is 0. The lowest BCUT2D eigenvalue weighted by molar-refractivity contribution is 1.07. The molecule has 0 amide bonds. The normalized spacial score (nSPS) is 11.8. The quantitative estimate of drug-likeness (QED) is 0.177. The highest BCUT2D eigenvalue weighted by Crippen LogP contribution is 2.42. The third-order valence-electron chi connectivity index (χ3n) is 11.5. The molecule has 5 heteroatoms. The average molecular weight is 740 g/mol. The van der Waals surface area contributed by atoms with Gasteiger partial charge in [0.2, 0.25) is 0 Å². The van der Waals surface area contributed by atoms with Gasteiger partial charge in [0.25, 0.3) is 0 Å². The molecule has 58 heavy (non-hydrogen) atoms. The molecule has 0 bridgehead atoms. The van der Waals surface area contributed by atoms with Gasteiger partial charge in [0, 0.05) is 49.6 Å². The number of rotatable bonds is 5. The number of nitrogens with zero attached hydrogens (tertiary/aromatic N) is 5. The molecule has 0 saturated heterocycles. The van der Waals surface area contributed by atoms with E-state index in [0.717, 1.165) is 38.8 Å². The molecule has 0 aliphatic rings. The SMILES string of the molecule is c1ccc(-c2nc(-c3ccccc3)nc(-c3ccc4cc(-n5c6ccccc6c6cc7c(cc65)c5c6ccccc6ccc5n7-c5ccccc5)ccc4c3)n2)cc1. The average Bonchev–Trinajstić information content (AvgIpc) is 3.80. The molecule has 0 aliphatic heterocycles. The smallest absolute Gasteiger partial charge is 0.164 e. The fraction of sp³-hybridized carbons (Fsp3) is 0. The summed E-state index contributed by atoms with van der Waals surface area (Å²) in [6, 6.07) is 71.1. The zero-order chi connectivity index (χ0) is 38.2. The van der Waals surface area contributed by atoms with Gasteiger partial charge in [0.05, 0.1) is 22.1 Å². The van der Waals surface area contributed by atoms with Crippen LogP contribution in [0.2, 0.25) is 0 Å². The Morgan fingerprint density at radius 1 is 0.276 bits per heavy atom. The minimum Gasteiger partial charge on any atom is -0.309 e. The highest BCUT2D eigenvalue weighted by molar-refractivity contribution is 6.25. The van der Waals surface area contributed by atoms with Gasteiger partial charge in [-0.3, -0.25) is 0 Å². The van der Waals surface area contributed by atoms with Crippen LogP contribution in [-0.2, 0) is 0 Å². The Labute approximate surface area is 333 Å². The molecule has 270 valence electrons. The van der Waals surface area contributed by atoms with Crippen molar-refractivity contribution in [3.05, 3.63) is 200 Å². The number of fused-ring (bicyclic) bond motifs is 9. The van der Waals surface area contributed by atoms with Crippen molar-refractivity contribution in [1.82, 2.24) is 24.1 Å². The van der Waals surface area contributed by atoms with Crippen molar-refractivity contribution >= 4 is 65.2 Å². The van der Waals surface area contributed by atoms with E-state index < -0.39 is 0 Å². The second-order valence-electron chi connectivity index (χ2n) is 14.9. The molecule has 0 saturated carbocycles. The lowest BCUT2D eigenvalue weighted by Crippen LogP contribution is -2.00. The molecular formula is C53H33N5. The molecule has 5 nitrogen and oxygen atoms in total. The van der Waals surface area contributed by atoms with Crippen molar-refractivity contribution in [2.24, 2.45) is 0 Å². The number of aromatic nitrogens is 5. The molecule has 0 atom stereocenters. The zero-order valence-electron chi connectivity index (χ0n) is 31.3. The topological polar surface area (TPSA) is 48.5 Å². The second-order valence-corrected chi connectivity index (χ2v) is 14.9. The summed E-state index contributed by atoms with van der Waals surface area (Å²) in [5.41, 5.74) is 9.87. The third kappa shape index (κ3) is 5.07. The van der Waals surface area contributed by atoms with Gasteiger partial charge in [0.15, 0.2) is 17.5 Å². The molecule has 9 aromatic carbocycles. The minimum atomic E-state index is 0.646. The molecular weight excluding hydrogens is 707 g/mol. The van der Waals surface area contributed by atoms with Crippen LogP contribution >= 0.6 is 0 Å². The van der Waals surface area contributed by atoms with E-state index in [-0.39, 0.29) is 0 Å². The van der Waals surface area contributed by atoms with Crippen LogP contribution in [0.4, 0.5) is 0 Å². The first-order valence-corrected chi connectivity index (χ1v) is 19.6. The van der Waals surface area contributed by atoms with Gasteiger partial charge < -0.3 is 9.13 Å². The van der Waals surface area contributed by atoms with Crippen molar-refractivity contribution in [2.45, 2.75) is 0 Å². The van der Waals surface area contributed by atoms with E-state index in [9.17, 15) is 0 Å². The van der Waals surface area contributed by atoms with Crippen molar-refractivity contribution in [2.75, 3.05) is 0 Å². The van der Waals surface area contributed by atoms with Gasteiger partial charge in [-0.05, 0) is 76.1 Å². The summed E-state index contributed by atoms with van der Waals surface area (Å²) in [6.07, 6.45) is 0. The van der Waals surface area contributed by atoms with Crippen LogP contribution in [0.3, 0.4) is 0 Å². The molecule has 0 unspecified atom stereocenters. The third-order valence-corrected chi connectivity index (χ3v) is 11.5. The Bertz CT molecular complexity index is 3490. The van der Waals surface area contributed by atoms with Crippen LogP contribution in [0.15, 0.2) is 200 Å². The Morgan fingerprint density at radius 2 is 0.810 bits per heavy atom. The van der Waals surface area contributed by atoms with E-state index in [2.05, 4.69) is 149 Å². The van der Waals surface area contributed by atoms with Crippen LogP contribution in [-0.4, -0.2) is 24.1 Å². The molecule has 12 rings (SSSR count). The van der Waals surface area contributed by atoms with Gasteiger partial charge in [-0.2, -0.15) is 0 Å². The van der Waals surface area contributed by atoms with E-state index in [0.29, 0.717) is 17.5 Å². The fourth-order valence-corrected chi connectivity index (χ4v) is 8.83. The van der Waals surface area contributed by atoms with Crippen LogP contribution in [0, 0.1) is 0 Å². The monoisotopic (exact) mass is 739 g/mol. The summed E-state index contributed by atoms with van der Waals surface area (Å²) in [4.78, 5) is 14.9. The first kappa shape index (κ1) is 32.4. The van der Waals surface area contributed by atoms with Crippen molar-refractivity contribution in [1.29, 1.82) is 0 Å². The molecule has 0 N–H and O–H groups in total. The number of hydrogen-bond acceptors (Lipinski definition) is 3. The van der Waals surface area contributed by atoms with Crippen LogP contribution < -0.4 is 0 Å². The van der Waals surface area contributed by atoms with Gasteiger partial charge in [-0.1, -0.05) is 146 Å². The van der Waals surface area contributed by atoms with Crippen LogP contribution in [0.1, 0.15) is 0 Å². The van der Waals surface area contributed by atoms with Crippen LogP contribution in [0.25, 0.3) is 111 Å². The molecule has 0 radical (unpaired) electrons. The standard InChI is InChI=1S/C53H33N5/c1-4-15-35(16-5-1)51-54-52(36-17-6-2-7-18-36)56-53(55-51)39-25-24-38-31-41(28-26-37(38)30-39)58-46-23-13-12-22-43(46)44-32-49-45(33-48(44)58)50-42-21-11-10-14-34(42)27-29-47(50)57(49)40-19-8-3-9-20-40/h1-33H. The number of benzene rings is 9. The molecule has 3 heterocycles. The Hall–Kier alpha value is -7.89. The number of para-hydroxylation sites is 2. The van der Waals surface area contributed by atoms with E-state index in [4.69, 9.17) is 15.0 Å². The van der Waals surface area contributed by atoms with Gasteiger partial charge in [-0.15, -0.1) is 0 Å². The van der Waals surface area contributed by atoms with Gasteiger partial charge in [0.1, 0.15) is 0 Å². The number of hydrogen-bond donors (Lipinski definition) is 0. The van der Waals surface area contributed by atoms with E-state index in [1.165, 1.54) is 54.4 Å². The van der Waals surface area contributed by atoms with Gasteiger partial charge in [-0.25, -0.2) is 15.0 Å². The molecule has 0 aliphatic carbocycles. The van der Waals surface area contributed by atoms with E-state index in [1.54, 1.807) is 0 Å².